The Morgan fingerprint density at radius 1 is 1.08 bits per heavy atom. The molecule has 10 heteroatoms. The zero-order valence-corrected chi connectivity index (χ0v) is 24.2. The summed E-state index contributed by atoms with van der Waals surface area (Å²) < 4.78 is 29.7. The van der Waals surface area contributed by atoms with Crippen LogP contribution in [-0.4, -0.2) is 67.8 Å². The van der Waals surface area contributed by atoms with Crippen LogP contribution in [0.5, 0.6) is 0 Å². The molecule has 7 nitrogen and oxygen atoms in total. The van der Waals surface area contributed by atoms with E-state index in [0.717, 1.165) is 39.9 Å². The zero-order chi connectivity index (χ0) is 25.9. The largest absolute Gasteiger partial charge is 0.302 e. The second kappa shape index (κ2) is 11.7. The Morgan fingerprint density at radius 3 is 2.39 bits per heavy atom. The maximum atomic E-state index is 13.8. The maximum Gasteiger partial charge on any atom is 0.243 e. The van der Waals surface area contributed by atoms with Gasteiger partial charge in [-0.1, -0.05) is 58.8 Å². The smallest absolute Gasteiger partial charge is 0.243 e. The molecule has 36 heavy (non-hydrogen) atoms. The molecule has 0 N–H and O–H groups in total. The van der Waals surface area contributed by atoms with E-state index in [1.54, 1.807) is 12.1 Å². The summed E-state index contributed by atoms with van der Waals surface area (Å²) in [5, 5.41) is 0.704. The Hall–Kier alpha value is -1.85. The number of hydrogen-bond donors (Lipinski definition) is 0. The van der Waals surface area contributed by atoms with Crippen molar-refractivity contribution < 1.29 is 13.2 Å². The van der Waals surface area contributed by atoms with Crippen molar-refractivity contribution in [2.75, 3.05) is 44.2 Å². The summed E-state index contributed by atoms with van der Waals surface area (Å²) in [6.07, 6.45) is 1.00. The molecule has 1 aliphatic heterocycles. The van der Waals surface area contributed by atoms with Crippen LogP contribution in [0.3, 0.4) is 0 Å². The van der Waals surface area contributed by atoms with Gasteiger partial charge in [-0.3, -0.25) is 9.69 Å². The van der Waals surface area contributed by atoms with Gasteiger partial charge in [-0.25, -0.2) is 13.4 Å². The van der Waals surface area contributed by atoms with Crippen molar-refractivity contribution in [3.8, 4) is 0 Å². The van der Waals surface area contributed by atoms with E-state index in [1.165, 1.54) is 15.6 Å². The molecule has 194 valence electrons. The fourth-order valence-corrected chi connectivity index (χ4v) is 7.52. The molecule has 1 aliphatic rings. The first kappa shape index (κ1) is 27.2. The molecule has 0 atom stereocenters. The van der Waals surface area contributed by atoms with Gasteiger partial charge in [-0.15, -0.1) is 0 Å². The van der Waals surface area contributed by atoms with Crippen molar-refractivity contribution in [2.45, 2.75) is 38.5 Å². The van der Waals surface area contributed by atoms with Gasteiger partial charge in [0.15, 0.2) is 5.13 Å². The van der Waals surface area contributed by atoms with Crippen molar-refractivity contribution in [3.05, 3.63) is 52.5 Å². The third-order valence-corrected chi connectivity index (χ3v) is 10.3. The van der Waals surface area contributed by atoms with E-state index in [9.17, 15) is 13.2 Å². The number of halogens is 1. The standard InChI is InChI=1S/C26H33BrN4O3S2/c1-4-29(5-2)16-17-31(26-28-23-11-8-21(27)18-24(23)35-26)25(32)20-12-14-30(15-13-20)36(33,34)22-9-6-19(3)7-10-22/h6-11,18,20H,4-5,12-17H2,1-3H3. The van der Waals surface area contributed by atoms with Crippen molar-refractivity contribution in [1.29, 1.82) is 0 Å². The molecule has 0 bridgehead atoms. The topological polar surface area (TPSA) is 73.8 Å². The number of aromatic nitrogens is 1. The highest BCUT2D eigenvalue weighted by Gasteiger charge is 2.35. The van der Waals surface area contributed by atoms with E-state index in [4.69, 9.17) is 4.98 Å². The zero-order valence-electron chi connectivity index (χ0n) is 21.0. The quantitative estimate of drug-likeness (QED) is 0.344. The number of rotatable bonds is 9. The molecule has 3 aromatic rings. The molecule has 0 spiro atoms. The third-order valence-electron chi connectivity index (χ3n) is 6.83. The lowest BCUT2D eigenvalue weighted by Crippen LogP contribution is -2.46. The molecule has 2 heterocycles. The number of nitrogens with zero attached hydrogens (tertiary/aromatic N) is 4. The van der Waals surface area contributed by atoms with Crippen LogP contribution in [0.4, 0.5) is 5.13 Å². The molecule has 0 saturated carbocycles. The molecule has 2 aromatic carbocycles. The van der Waals surface area contributed by atoms with E-state index in [1.807, 2.05) is 42.2 Å². The third kappa shape index (κ3) is 5.99. The molecule has 1 amide bonds. The van der Waals surface area contributed by atoms with E-state index >= 15 is 0 Å². The molecular weight excluding hydrogens is 560 g/mol. The molecule has 1 aromatic heterocycles. The van der Waals surface area contributed by atoms with Gasteiger partial charge in [0, 0.05) is 36.6 Å². The molecule has 0 aliphatic carbocycles. The number of aryl methyl sites for hydroxylation is 1. The number of likely N-dealkylation sites (N-methyl/N-ethyl adjacent to an activating group) is 1. The highest BCUT2D eigenvalue weighted by atomic mass is 79.9. The lowest BCUT2D eigenvalue weighted by Gasteiger charge is -2.33. The number of hydrogen-bond acceptors (Lipinski definition) is 6. The number of thiazole rings is 1. The number of benzene rings is 2. The fourth-order valence-electron chi connectivity index (χ4n) is 4.51. The summed E-state index contributed by atoms with van der Waals surface area (Å²) >= 11 is 5.04. The van der Waals surface area contributed by atoms with Gasteiger partial charge >= 0.3 is 0 Å². The van der Waals surface area contributed by atoms with Crippen molar-refractivity contribution >= 4 is 58.5 Å². The first-order valence-electron chi connectivity index (χ1n) is 12.4. The van der Waals surface area contributed by atoms with Gasteiger partial charge in [0.1, 0.15) is 0 Å². The summed E-state index contributed by atoms with van der Waals surface area (Å²) in [6, 6.07) is 12.9. The van der Waals surface area contributed by atoms with Crippen molar-refractivity contribution in [3.63, 3.8) is 0 Å². The Kier molecular flexibility index (Phi) is 8.83. The van der Waals surface area contributed by atoms with Gasteiger partial charge in [0.2, 0.25) is 15.9 Å². The van der Waals surface area contributed by atoms with Crippen LogP contribution in [0.25, 0.3) is 10.2 Å². The number of carbonyl (C=O) groups excluding carboxylic acids is 1. The molecular formula is C26H33BrN4O3S2. The van der Waals surface area contributed by atoms with Crippen LogP contribution < -0.4 is 4.90 Å². The highest BCUT2D eigenvalue weighted by Crippen LogP contribution is 2.33. The van der Waals surface area contributed by atoms with Crippen LogP contribution >= 0.6 is 27.3 Å². The average molecular weight is 594 g/mol. The number of amides is 1. The van der Waals surface area contributed by atoms with E-state index < -0.39 is 10.0 Å². The highest BCUT2D eigenvalue weighted by molar-refractivity contribution is 9.10. The van der Waals surface area contributed by atoms with Gasteiger partial charge in [-0.05, 0) is 63.2 Å². The van der Waals surface area contributed by atoms with Crippen molar-refractivity contribution in [2.24, 2.45) is 5.92 Å². The lowest BCUT2D eigenvalue weighted by molar-refractivity contribution is -0.123. The van der Waals surface area contributed by atoms with E-state index in [2.05, 4.69) is 34.7 Å². The second-order valence-corrected chi connectivity index (χ2v) is 13.0. The van der Waals surface area contributed by atoms with Crippen LogP contribution in [-0.2, 0) is 14.8 Å². The predicted octanol–water partition coefficient (Wildman–Crippen LogP) is 5.14. The minimum absolute atomic E-state index is 0.0349. The minimum atomic E-state index is -3.56. The second-order valence-electron chi connectivity index (χ2n) is 9.12. The number of sulfonamides is 1. The number of anilines is 1. The summed E-state index contributed by atoms with van der Waals surface area (Å²) in [5.74, 6) is -0.197. The summed E-state index contributed by atoms with van der Waals surface area (Å²) in [7, 11) is -3.56. The number of fused-ring (bicyclic) bond motifs is 1. The summed E-state index contributed by atoms with van der Waals surface area (Å²) in [4.78, 5) is 23.0. The van der Waals surface area contributed by atoms with Crippen LogP contribution in [0.15, 0.2) is 51.8 Å². The Bertz CT molecular complexity index is 1300. The molecule has 0 radical (unpaired) electrons. The first-order valence-corrected chi connectivity index (χ1v) is 15.4. The molecule has 1 saturated heterocycles. The predicted molar refractivity (Wildman–Crippen MR) is 150 cm³/mol. The summed E-state index contributed by atoms with van der Waals surface area (Å²) in [5.41, 5.74) is 1.89. The molecule has 0 unspecified atom stereocenters. The summed E-state index contributed by atoms with van der Waals surface area (Å²) in [6.45, 7) is 10.0. The normalized spacial score (nSPS) is 15.6. The fraction of sp³-hybridized carbons (Fsp3) is 0.462. The monoisotopic (exact) mass is 592 g/mol. The Morgan fingerprint density at radius 2 is 1.75 bits per heavy atom. The van der Waals surface area contributed by atoms with Gasteiger partial charge in [0.05, 0.1) is 15.1 Å². The minimum Gasteiger partial charge on any atom is -0.302 e. The lowest BCUT2D eigenvalue weighted by atomic mass is 9.96. The van der Waals surface area contributed by atoms with E-state index in [-0.39, 0.29) is 11.8 Å². The first-order chi connectivity index (χ1) is 17.2. The van der Waals surface area contributed by atoms with Crippen LogP contribution in [0.2, 0.25) is 0 Å². The van der Waals surface area contributed by atoms with E-state index in [0.29, 0.717) is 42.5 Å². The van der Waals surface area contributed by atoms with Gasteiger partial charge in [0.25, 0.3) is 0 Å². The number of piperidine rings is 1. The molecule has 1 fully saturated rings. The van der Waals surface area contributed by atoms with Gasteiger partial charge in [-0.2, -0.15) is 4.31 Å². The van der Waals surface area contributed by atoms with Crippen LogP contribution in [0, 0.1) is 12.8 Å². The average Bonchev–Trinajstić information content (AvgIpc) is 3.29. The number of carbonyl (C=O) groups is 1. The Labute approximate surface area is 226 Å². The van der Waals surface area contributed by atoms with Crippen molar-refractivity contribution in [1.82, 2.24) is 14.2 Å². The van der Waals surface area contributed by atoms with Crippen LogP contribution in [0.1, 0.15) is 32.3 Å². The molecule has 4 rings (SSSR count). The Balaban J connectivity index is 1.51. The SMILES string of the molecule is CCN(CC)CCN(C(=O)C1CCN(S(=O)(=O)c2ccc(C)cc2)CC1)c1nc2ccc(Br)cc2s1. The maximum absolute atomic E-state index is 13.8. The van der Waals surface area contributed by atoms with Gasteiger partial charge < -0.3 is 4.90 Å².